The first-order valence-corrected chi connectivity index (χ1v) is 4.22. The van der Waals surface area contributed by atoms with Crippen molar-refractivity contribution in [2.75, 3.05) is 20.0 Å². The molecular formula is C9H10F2N2O3. The monoisotopic (exact) mass is 232 g/mol. The number of hydrogen-bond acceptors (Lipinski definition) is 5. The molecule has 1 aromatic heterocycles. The number of hydrogen-bond donors (Lipinski definition) is 1. The quantitative estimate of drug-likeness (QED) is 0.797. The number of alkyl halides is 2. The molecule has 0 saturated heterocycles. The van der Waals surface area contributed by atoms with Gasteiger partial charge in [0.1, 0.15) is 11.4 Å². The molecule has 1 aromatic rings. The summed E-state index contributed by atoms with van der Waals surface area (Å²) in [6, 6.07) is 0.914. The van der Waals surface area contributed by atoms with Crippen LogP contribution in [0.3, 0.4) is 0 Å². The maximum absolute atomic E-state index is 12.5. The van der Waals surface area contributed by atoms with Gasteiger partial charge in [0.25, 0.3) is 6.43 Å². The highest BCUT2D eigenvalue weighted by Crippen LogP contribution is 2.29. The summed E-state index contributed by atoms with van der Waals surface area (Å²) >= 11 is 0. The van der Waals surface area contributed by atoms with E-state index >= 15 is 0 Å². The maximum atomic E-state index is 12.5. The summed E-state index contributed by atoms with van der Waals surface area (Å²) in [4.78, 5) is 14.8. The Balaban J connectivity index is 3.34. The molecule has 16 heavy (non-hydrogen) atoms. The van der Waals surface area contributed by atoms with Crippen LogP contribution in [0.15, 0.2) is 6.07 Å². The van der Waals surface area contributed by atoms with Crippen molar-refractivity contribution in [3.05, 3.63) is 17.2 Å². The SMILES string of the molecule is COC(=O)c1cc(C(F)F)c(N)nc1OC. The highest BCUT2D eigenvalue weighted by molar-refractivity contribution is 5.92. The Morgan fingerprint density at radius 2 is 2.12 bits per heavy atom. The second-order valence-electron chi connectivity index (χ2n) is 2.81. The van der Waals surface area contributed by atoms with Gasteiger partial charge in [-0.1, -0.05) is 0 Å². The topological polar surface area (TPSA) is 74.4 Å². The van der Waals surface area contributed by atoms with Crippen LogP contribution in [0.5, 0.6) is 5.88 Å². The summed E-state index contributed by atoms with van der Waals surface area (Å²) in [6.45, 7) is 0. The van der Waals surface area contributed by atoms with Gasteiger partial charge in [0.2, 0.25) is 5.88 Å². The number of halogens is 2. The maximum Gasteiger partial charge on any atom is 0.343 e. The normalized spacial score (nSPS) is 10.3. The average Bonchev–Trinajstić information content (AvgIpc) is 2.27. The molecule has 0 amide bonds. The highest BCUT2D eigenvalue weighted by Gasteiger charge is 2.21. The lowest BCUT2D eigenvalue weighted by Crippen LogP contribution is -2.09. The van der Waals surface area contributed by atoms with Gasteiger partial charge in [-0.15, -0.1) is 0 Å². The molecule has 0 fully saturated rings. The summed E-state index contributed by atoms with van der Waals surface area (Å²) < 4.78 is 34.2. The van der Waals surface area contributed by atoms with Crippen molar-refractivity contribution >= 4 is 11.8 Å². The van der Waals surface area contributed by atoms with E-state index < -0.39 is 18.0 Å². The number of carbonyl (C=O) groups is 1. The van der Waals surface area contributed by atoms with Crippen LogP contribution < -0.4 is 10.5 Å². The number of nitrogens with two attached hydrogens (primary N) is 1. The fraction of sp³-hybridized carbons (Fsp3) is 0.333. The van der Waals surface area contributed by atoms with Crippen LogP contribution in [0.2, 0.25) is 0 Å². The first-order chi connectivity index (χ1) is 7.51. The molecule has 7 heteroatoms. The Hall–Kier alpha value is -1.92. The summed E-state index contributed by atoms with van der Waals surface area (Å²) in [5.74, 6) is -1.33. The number of rotatable bonds is 3. The zero-order chi connectivity index (χ0) is 12.3. The van der Waals surface area contributed by atoms with Gasteiger partial charge in [-0.2, -0.15) is 4.98 Å². The molecule has 5 nitrogen and oxygen atoms in total. The zero-order valence-electron chi connectivity index (χ0n) is 8.66. The summed E-state index contributed by atoms with van der Waals surface area (Å²) in [5, 5.41) is 0. The van der Waals surface area contributed by atoms with Crippen LogP contribution >= 0.6 is 0 Å². The van der Waals surface area contributed by atoms with Crippen molar-refractivity contribution in [3.8, 4) is 5.88 Å². The molecule has 0 unspecified atom stereocenters. The van der Waals surface area contributed by atoms with Crippen molar-refractivity contribution in [3.63, 3.8) is 0 Å². The third kappa shape index (κ3) is 2.18. The van der Waals surface area contributed by atoms with E-state index in [9.17, 15) is 13.6 Å². The van der Waals surface area contributed by atoms with E-state index in [2.05, 4.69) is 9.72 Å². The zero-order valence-corrected chi connectivity index (χ0v) is 8.66. The molecule has 0 aliphatic carbocycles. The van der Waals surface area contributed by atoms with Gasteiger partial charge >= 0.3 is 5.97 Å². The minimum atomic E-state index is -2.82. The van der Waals surface area contributed by atoms with Crippen molar-refractivity contribution < 1.29 is 23.0 Å². The molecule has 0 aliphatic heterocycles. The van der Waals surface area contributed by atoms with Crippen LogP contribution in [-0.4, -0.2) is 25.2 Å². The number of methoxy groups -OCH3 is 2. The summed E-state index contributed by atoms with van der Waals surface area (Å²) in [7, 11) is 2.37. The lowest BCUT2D eigenvalue weighted by molar-refractivity contribution is 0.0595. The molecule has 0 aromatic carbocycles. The molecule has 0 aliphatic rings. The highest BCUT2D eigenvalue weighted by atomic mass is 19.3. The number of nitrogen functional groups attached to an aromatic ring is 1. The van der Waals surface area contributed by atoms with Gasteiger partial charge in [-0.05, 0) is 6.07 Å². The molecule has 1 heterocycles. The number of pyridine rings is 1. The number of ether oxygens (including phenoxy) is 2. The van der Waals surface area contributed by atoms with Crippen LogP contribution in [0, 0.1) is 0 Å². The van der Waals surface area contributed by atoms with Crippen LogP contribution in [0.1, 0.15) is 22.3 Å². The van der Waals surface area contributed by atoms with Gasteiger partial charge < -0.3 is 15.2 Å². The molecule has 2 N–H and O–H groups in total. The third-order valence-electron chi connectivity index (χ3n) is 1.88. The first kappa shape index (κ1) is 12.2. The summed E-state index contributed by atoms with van der Waals surface area (Å²) in [6.07, 6.45) is -2.82. The van der Waals surface area contributed by atoms with Crippen molar-refractivity contribution in [2.24, 2.45) is 0 Å². The number of aromatic nitrogens is 1. The lowest BCUT2D eigenvalue weighted by atomic mass is 10.2. The van der Waals surface area contributed by atoms with E-state index in [0.717, 1.165) is 13.2 Å². The van der Waals surface area contributed by atoms with E-state index in [0.29, 0.717) is 0 Å². The number of esters is 1. The fourth-order valence-corrected chi connectivity index (χ4v) is 1.11. The Morgan fingerprint density at radius 1 is 1.50 bits per heavy atom. The van der Waals surface area contributed by atoms with Crippen molar-refractivity contribution in [1.82, 2.24) is 4.98 Å². The van der Waals surface area contributed by atoms with E-state index in [1.54, 1.807) is 0 Å². The van der Waals surface area contributed by atoms with E-state index in [1.165, 1.54) is 7.11 Å². The van der Waals surface area contributed by atoms with Crippen molar-refractivity contribution in [2.45, 2.75) is 6.43 Å². The van der Waals surface area contributed by atoms with Gasteiger partial charge in [-0.3, -0.25) is 0 Å². The summed E-state index contributed by atoms with van der Waals surface area (Å²) in [5.41, 5.74) is 4.57. The minimum absolute atomic E-state index is 0.145. The fourth-order valence-electron chi connectivity index (χ4n) is 1.11. The molecule has 0 spiro atoms. The lowest BCUT2D eigenvalue weighted by Gasteiger charge is -2.10. The largest absolute Gasteiger partial charge is 0.480 e. The van der Waals surface area contributed by atoms with Crippen molar-refractivity contribution in [1.29, 1.82) is 0 Å². The predicted octanol–water partition coefficient (Wildman–Crippen LogP) is 1.40. The van der Waals surface area contributed by atoms with Gasteiger partial charge in [0.05, 0.1) is 19.8 Å². The van der Waals surface area contributed by atoms with Crippen LogP contribution in [0.4, 0.5) is 14.6 Å². The standard InChI is InChI=1S/C9H10F2N2O3/c1-15-8-5(9(14)16-2)3-4(6(10)11)7(12)13-8/h3,6H,1-2H3,(H2,12,13). The minimum Gasteiger partial charge on any atom is -0.480 e. The van der Waals surface area contributed by atoms with Gasteiger partial charge in [-0.25, -0.2) is 13.6 Å². The first-order valence-electron chi connectivity index (χ1n) is 4.22. The van der Waals surface area contributed by atoms with Gasteiger partial charge in [0.15, 0.2) is 0 Å². The Morgan fingerprint density at radius 3 is 2.56 bits per heavy atom. The molecule has 88 valence electrons. The molecule has 0 bridgehead atoms. The van der Waals surface area contributed by atoms with Crippen LogP contribution in [0.25, 0.3) is 0 Å². The average molecular weight is 232 g/mol. The Labute approximate surface area is 90.2 Å². The number of nitrogens with zero attached hydrogens (tertiary/aromatic N) is 1. The van der Waals surface area contributed by atoms with E-state index in [-0.39, 0.29) is 17.3 Å². The molecule has 0 radical (unpaired) electrons. The smallest absolute Gasteiger partial charge is 0.343 e. The molecular weight excluding hydrogens is 222 g/mol. The second kappa shape index (κ2) is 4.73. The number of anilines is 1. The Bertz CT molecular complexity index is 410. The number of carbonyl (C=O) groups excluding carboxylic acids is 1. The van der Waals surface area contributed by atoms with Gasteiger partial charge in [0, 0.05) is 0 Å². The second-order valence-corrected chi connectivity index (χ2v) is 2.81. The molecule has 0 saturated carbocycles. The predicted molar refractivity (Wildman–Crippen MR) is 51.5 cm³/mol. The third-order valence-corrected chi connectivity index (χ3v) is 1.88. The molecule has 1 rings (SSSR count). The van der Waals surface area contributed by atoms with Crippen LogP contribution in [-0.2, 0) is 4.74 Å². The van der Waals surface area contributed by atoms with E-state index in [1.807, 2.05) is 0 Å². The van der Waals surface area contributed by atoms with E-state index in [4.69, 9.17) is 10.5 Å². The molecule has 0 atom stereocenters. The Kier molecular flexibility index (Phi) is 3.60.